The van der Waals surface area contributed by atoms with E-state index in [1.54, 1.807) is 23.5 Å². The largest absolute Gasteiger partial charge is 0.370 e. The lowest BCUT2D eigenvalue weighted by Gasteiger charge is -2.26. The molecule has 1 aromatic carbocycles. The number of hydrogen-bond acceptors (Lipinski definition) is 4. The van der Waals surface area contributed by atoms with Gasteiger partial charge in [0.25, 0.3) is 5.91 Å². The van der Waals surface area contributed by atoms with Crippen LogP contribution in [0.4, 0.5) is 5.69 Å². The highest BCUT2D eigenvalue weighted by Gasteiger charge is 2.73. The fraction of sp³-hybridized carbons (Fsp3) is 0.500. The van der Waals surface area contributed by atoms with Gasteiger partial charge in [-0.2, -0.15) is 0 Å². The highest BCUT2D eigenvalue weighted by Crippen LogP contribution is 2.50. The molecule has 0 aromatic heterocycles. The van der Waals surface area contributed by atoms with Gasteiger partial charge in [-0.25, -0.2) is 0 Å². The zero-order valence-electron chi connectivity index (χ0n) is 16.1. The topological polar surface area (TPSA) is 126 Å². The van der Waals surface area contributed by atoms with Crippen molar-refractivity contribution in [3.05, 3.63) is 28.8 Å². The van der Waals surface area contributed by atoms with Crippen LogP contribution in [0, 0.1) is 11.8 Å². The van der Waals surface area contributed by atoms with Gasteiger partial charge in [-0.3, -0.25) is 24.1 Å². The number of hydrogen-bond donors (Lipinski definition) is 3. The van der Waals surface area contributed by atoms with E-state index < -0.39 is 29.3 Å². The third-order valence-corrected chi connectivity index (χ3v) is 6.62. The number of halogens is 1. The number of imide groups is 1. The lowest BCUT2D eigenvalue weighted by atomic mass is 9.76. The maximum absolute atomic E-state index is 13.4. The van der Waals surface area contributed by atoms with Gasteiger partial charge in [0, 0.05) is 30.0 Å². The normalized spacial score (nSPS) is 30.1. The van der Waals surface area contributed by atoms with Crippen molar-refractivity contribution in [2.75, 3.05) is 11.9 Å². The molecule has 0 saturated carbocycles. The molecule has 4 amide bonds. The Hall–Kier alpha value is -2.45. The number of nitrogens with two attached hydrogens (primary N) is 2. The molecule has 0 radical (unpaired) electrons. The maximum atomic E-state index is 13.4. The van der Waals surface area contributed by atoms with Crippen LogP contribution in [0.3, 0.4) is 0 Å². The molecule has 154 valence electrons. The van der Waals surface area contributed by atoms with E-state index in [0.717, 1.165) is 6.42 Å². The predicted molar refractivity (Wildman–Crippen MR) is 105 cm³/mol. The van der Waals surface area contributed by atoms with Crippen molar-refractivity contribution in [2.24, 2.45) is 17.6 Å². The Morgan fingerprint density at radius 1 is 1.31 bits per heavy atom. The number of unbranched alkanes of at least 4 members (excludes halogenated alkanes) is 1. The van der Waals surface area contributed by atoms with E-state index in [1.807, 2.05) is 6.92 Å². The Labute approximate surface area is 173 Å². The van der Waals surface area contributed by atoms with Crippen molar-refractivity contribution < 1.29 is 24.5 Å². The molecule has 0 aliphatic carbocycles. The predicted octanol–water partition coefficient (Wildman–Crippen LogP) is 0.0998. The molecule has 3 aliphatic rings. The van der Waals surface area contributed by atoms with Gasteiger partial charge >= 0.3 is 0 Å². The minimum absolute atomic E-state index is 0.0842. The van der Waals surface area contributed by atoms with Crippen molar-refractivity contribution in [3.63, 3.8) is 0 Å². The lowest BCUT2D eigenvalue weighted by Crippen LogP contribution is -2.99. The summed E-state index contributed by atoms with van der Waals surface area (Å²) in [4.78, 5) is 52.4. The smallest absolute Gasteiger partial charge is 0.291 e. The number of anilines is 1. The molecule has 2 saturated heterocycles. The molecule has 5 N–H and O–H groups in total. The van der Waals surface area contributed by atoms with E-state index in [4.69, 9.17) is 17.3 Å². The monoisotopic (exact) mass is 419 g/mol. The molecule has 29 heavy (non-hydrogen) atoms. The molecule has 1 spiro atoms. The molecule has 4 atom stereocenters. The Kier molecular flexibility index (Phi) is 4.86. The number of nitrogens with zero attached hydrogens (tertiary/aromatic N) is 1. The molecule has 1 aromatic rings. The molecule has 8 nitrogen and oxygen atoms in total. The van der Waals surface area contributed by atoms with Crippen LogP contribution in [-0.4, -0.2) is 41.1 Å². The molecular formula is C20H24ClN4O4+. The quantitative estimate of drug-likeness (QED) is 0.565. The number of likely N-dealkylation sites (tertiary alicyclic amines) is 1. The second-order valence-corrected chi connectivity index (χ2v) is 8.47. The summed E-state index contributed by atoms with van der Waals surface area (Å²) >= 11 is 6.20. The van der Waals surface area contributed by atoms with Crippen molar-refractivity contribution in [1.82, 2.24) is 4.90 Å². The lowest BCUT2D eigenvalue weighted by molar-refractivity contribution is -0.734. The number of benzene rings is 1. The number of quaternary nitrogens is 1. The van der Waals surface area contributed by atoms with E-state index in [0.29, 0.717) is 35.7 Å². The van der Waals surface area contributed by atoms with E-state index in [2.05, 4.69) is 5.32 Å². The van der Waals surface area contributed by atoms with Gasteiger partial charge in [-0.1, -0.05) is 24.9 Å². The van der Waals surface area contributed by atoms with Gasteiger partial charge < -0.3 is 16.4 Å². The van der Waals surface area contributed by atoms with Gasteiger partial charge in [0.15, 0.2) is 0 Å². The first-order chi connectivity index (χ1) is 13.8. The van der Waals surface area contributed by atoms with Crippen molar-refractivity contribution in [2.45, 2.75) is 44.2 Å². The van der Waals surface area contributed by atoms with E-state index in [1.165, 1.54) is 4.90 Å². The number of nitrogens with one attached hydrogen (secondary N) is 1. The van der Waals surface area contributed by atoms with Crippen molar-refractivity contribution in [3.8, 4) is 0 Å². The summed E-state index contributed by atoms with van der Waals surface area (Å²) in [7, 11) is 0. The van der Waals surface area contributed by atoms with E-state index in [-0.39, 0.29) is 24.1 Å². The number of primary amides is 1. The second kappa shape index (κ2) is 7.11. The molecule has 0 bridgehead atoms. The van der Waals surface area contributed by atoms with Crippen LogP contribution < -0.4 is 16.4 Å². The average molecular weight is 420 g/mol. The Bertz CT molecular complexity index is 920. The van der Waals surface area contributed by atoms with Gasteiger partial charge in [-0.05, 0) is 24.6 Å². The van der Waals surface area contributed by atoms with Crippen molar-refractivity contribution in [1.29, 1.82) is 0 Å². The van der Waals surface area contributed by atoms with Crippen LogP contribution in [0.2, 0.25) is 5.02 Å². The minimum atomic E-state index is -1.26. The summed E-state index contributed by atoms with van der Waals surface area (Å²) in [5, 5.41) is 5.08. The average Bonchev–Trinajstić information content (AvgIpc) is 3.24. The Balaban J connectivity index is 1.81. The number of carbonyl (C=O) groups is 4. The van der Waals surface area contributed by atoms with E-state index in [9.17, 15) is 19.2 Å². The second-order valence-electron chi connectivity index (χ2n) is 8.03. The first-order valence-electron chi connectivity index (χ1n) is 9.92. The molecule has 4 rings (SSSR count). The number of rotatable bonds is 6. The summed E-state index contributed by atoms with van der Waals surface area (Å²) in [5.74, 6) is -2.90. The highest BCUT2D eigenvalue weighted by molar-refractivity contribution is 6.31. The van der Waals surface area contributed by atoms with Gasteiger partial charge in [-0.15, -0.1) is 0 Å². The number of fused-ring (bicyclic) bond motifs is 4. The molecule has 9 heteroatoms. The van der Waals surface area contributed by atoms with Gasteiger partial charge in [0.05, 0.1) is 5.69 Å². The first-order valence-corrected chi connectivity index (χ1v) is 10.3. The maximum Gasteiger partial charge on any atom is 0.291 e. The molecular weight excluding hydrogens is 396 g/mol. The van der Waals surface area contributed by atoms with Crippen LogP contribution in [0.25, 0.3) is 0 Å². The Morgan fingerprint density at radius 3 is 2.76 bits per heavy atom. The first kappa shape index (κ1) is 19.8. The van der Waals surface area contributed by atoms with Gasteiger partial charge in [0.2, 0.25) is 23.3 Å². The minimum Gasteiger partial charge on any atom is -0.370 e. The van der Waals surface area contributed by atoms with Gasteiger partial charge in [0.1, 0.15) is 17.9 Å². The standard InChI is InChI=1S/C20H23ClN4O4/c1-2-3-8-25-17(27)15-13(6-7-14(22)26)24-20(16(15)18(25)28)11-9-10(21)4-5-12(11)23-19(20)29/h4-5,9,13,15-16,24H,2-3,6-8H2,1H3,(H2,22,26)(H,23,29)/p+1/t13-,15+,16-,20-/m0/s1. The van der Waals surface area contributed by atoms with Crippen LogP contribution in [0.1, 0.15) is 38.2 Å². The molecule has 2 fully saturated rings. The zero-order chi connectivity index (χ0) is 20.9. The third kappa shape index (κ3) is 2.85. The summed E-state index contributed by atoms with van der Waals surface area (Å²) in [5.41, 5.74) is 5.27. The highest BCUT2D eigenvalue weighted by atomic mass is 35.5. The number of amides is 4. The summed E-state index contributed by atoms with van der Waals surface area (Å²) in [6.07, 6.45) is 1.95. The molecule has 3 aliphatic heterocycles. The molecule has 0 unspecified atom stereocenters. The van der Waals surface area contributed by atoms with Crippen LogP contribution in [0.5, 0.6) is 0 Å². The van der Waals surface area contributed by atoms with Crippen molar-refractivity contribution >= 4 is 40.9 Å². The van der Waals surface area contributed by atoms with Crippen LogP contribution in [-0.2, 0) is 24.7 Å². The Morgan fingerprint density at radius 2 is 2.07 bits per heavy atom. The molecule has 3 heterocycles. The summed E-state index contributed by atoms with van der Waals surface area (Å²) in [6.45, 7) is 2.32. The van der Waals surface area contributed by atoms with Crippen LogP contribution in [0.15, 0.2) is 18.2 Å². The summed E-state index contributed by atoms with van der Waals surface area (Å²) < 4.78 is 0. The summed E-state index contributed by atoms with van der Waals surface area (Å²) in [6, 6.07) is 4.67. The SMILES string of the molecule is CCCCN1C(=O)[C@@H]2[C@H](CCC(N)=O)[NH2+][C@]3(C(=O)Nc4ccc(Cl)cc43)[C@@H]2C1=O. The third-order valence-electron chi connectivity index (χ3n) is 6.38. The fourth-order valence-electron chi connectivity index (χ4n) is 5.10. The van der Waals surface area contributed by atoms with E-state index >= 15 is 0 Å². The zero-order valence-corrected chi connectivity index (χ0v) is 16.9. The number of carbonyl (C=O) groups excluding carboxylic acids is 4. The fourth-order valence-corrected chi connectivity index (χ4v) is 5.28. The van der Waals surface area contributed by atoms with Crippen LogP contribution >= 0.6 is 11.6 Å².